The summed E-state index contributed by atoms with van der Waals surface area (Å²) in [5.74, 6) is 0.194. The smallest absolute Gasteiger partial charge is 0.243 e. The third-order valence-electron chi connectivity index (χ3n) is 5.49. The van der Waals surface area contributed by atoms with Gasteiger partial charge in [-0.15, -0.1) is 11.8 Å². The van der Waals surface area contributed by atoms with Crippen LogP contribution in [0.25, 0.3) is 0 Å². The van der Waals surface area contributed by atoms with E-state index in [-0.39, 0.29) is 30.8 Å². The lowest BCUT2D eigenvalue weighted by Gasteiger charge is -2.32. The van der Waals surface area contributed by atoms with E-state index in [2.05, 4.69) is 5.32 Å². The predicted molar refractivity (Wildman–Crippen MR) is 151 cm³/mol. The van der Waals surface area contributed by atoms with Gasteiger partial charge in [-0.3, -0.25) is 9.59 Å². The molecule has 0 aliphatic heterocycles. The summed E-state index contributed by atoms with van der Waals surface area (Å²) < 4.78 is 0. The van der Waals surface area contributed by atoms with Gasteiger partial charge >= 0.3 is 0 Å². The highest BCUT2D eigenvalue weighted by atomic mass is 35.5. The molecule has 0 saturated heterocycles. The quantitative estimate of drug-likeness (QED) is 0.249. The normalized spacial score (nSPS) is 11.8. The van der Waals surface area contributed by atoms with E-state index in [1.54, 1.807) is 34.9 Å². The van der Waals surface area contributed by atoms with E-state index in [9.17, 15) is 9.59 Å². The van der Waals surface area contributed by atoms with Crippen LogP contribution in [0.5, 0.6) is 0 Å². The van der Waals surface area contributed by atoms with E-state index < -0.39 is 6.04 Å². The van der Waals surface area contributed by atoms with Crippen LogP contribution in [-0.2, 0) is 22.6 Å². The van der Waals surface area contributed by atoms with Gasteiger partial charge in [0.15, 0.2) is 0 Å². The van der Waals surface area contributed by atoms with Gasteiger partial charge in [-0.1, -0.05) is 71.2 Å². The Morgan fingerprint density at radius 3 is 2.14 bits per heavy atom. The minimum Gasteiger partial charge on any atom is -0.352 e. The van der Waals surface area contributed by atoms with Gasteiger partial charge in [-0.25, -0.2) is 0 Å². The SMILES string of the molecule is CC(C)NC(=O)[C@H](Cc1ccccc1)N(Cc1c(Cl)cccc1Cl)C(=O)CCSc1ccc(Cl)cc1. The molecule has 2 amide bonds. The van der Waals surface area contributed by atoms with Crippen LogP contribution >= 0.6 is 46.6 Å². The Morgan fingerprint density at radius 1 is 0.889 bits per heavy atom. The Morgan fingerprint density at radius 2 is 1.53 bits per heavy atom. The summed E-state index contributed by atoms with van der Waals surface area (Å²) in [7, 11) is 0. The van der Waals surface area contributed by atoms with E-state index >= 15 is 0 Å². The van der Waals surface area contributed by atoms with Crippen molar-refractivity contribution in [2.45, 2.75) is 50.2 Å². The Balaban J connectivity index is 1.89. The second-order valence-corrected chi connectivity index (χ2v) is 11.1. The molecule has 0 fully saturated rings. The number of rotatable bonds is 11. The van der Waals surface area contributed by atoms with Crippen LogP contribution in [0.15, 0.2) is 77.7 Å². The van der Waals surface area contributed by atoms with Crippen LogP contribution in [0.3, 0.4) is 0 Å². The molecular weight excluding hydrogens is 535 g/mol. The molecular formula is C28H29Cl3N2O2S. The van der Waals surface area contributed by atoms with Crippen molar-refractivity contribution in [3.63, 3.8) is 0 Å². The topological polar surface area (TPSA) is 49.4 Å². The third kappa shape index (κ3) is 8.45. The number of hydrogen-bond donors (Lipinski definition) is 1. The fraction of sp³-hybridized carbons (Fsp3) is 0.286. The Bertz CT molecular complexity index is 1140. The Labute approximate surface area is 232 Å². The van der Waals surface area contributed by atoms with Crippen molar-refractivity contribution in [1.29, 1.82) is 0 Å². The molecule has 3 aromatic rings. The van der Waals surface area contributed by atoms with Crippen molar-refractivity contribution in [1.82, 2.24) is 10.2 Å². The van der Waals surface area contributed by atoms with Gasteiger partial charge in [0.1, 0.15) is 6.04 Å². The summed E-state index contributed by atoms with van der Waals surface area (Å²) in [4.78, 5) is 29.7. The van der Waals surface area contributed by atoms with Gasteiger partial charge in [0.05, 0.1) is 0 Å². The number of hydrogen-bond acceptors (Lipinski definition) is 3. The molecule has 190 valence electrons. The number of amides is 2. The lowest BCUT2D eigenvalue weighted by atomic mass is 10.0. The molecule has 4 nitrogen and oxygen atoms in total. The molecule has 0 bridgehead atoms. The lowest BCUT2D eigenvalue weighted by molar-refractivity contribution is -0.141. The minimum absolute atomic E-state index is 0.0721. The first-order valence-corrected chi connectivity index (χ1v) is 13.8. The molecule has 0 aliphatic carbocycles. The number of carbonyl (C=O) groups excluding carboxylic acids is 2. The van der Waals surface area contributed by atoms with E-state index in [4.69, 9.17) is 34.8 Å². The number of nitrogens with zero attached hydrogens (tertiary/aromatic N) is 1. The first-order valence-electron chi connectivity index (χ1n) is 11.7. The molecule has 0 unspecified atom stereocenters. The second-order valence-electron chi connectivity index (χ2n) is 8.64. The van der Waals surface area contributed by atoms with Gasteiger partial charge in [-0.2, -0.15) is 0 Å². The highest BCUT2D eigenvalue weighted by Crippen LogP contribution is 2.28. The van der Waals surface area contributed by atoms with Gasteiger partial charge in [0, 0.05) is 56.7 Å². The standard InChI is InChI=1S/C28H29Cl3N2O2S/c1-19(2)32-28(35)26(17-20-7-4-3-5-8-20)33(18-23-24(30)9-6-10-25(23)31)27(34)15-16-36-22-13-11-21(29)12-14-22/h3-14,19,26H,15-18H2,1-2H3,(H,32,35)/t26-/m0/s1. The Kier molecular flexibility index (Phi) is 11.0. The summed E-state index contributed by atoms with van der Waals surface area (Å²) in [5, 5.41) is 4.56. The van der Waals surface area contributed by atoms with Crippen LogP contribution in [0, 0.1) is 0 Å². The summed E-state index contributed by atoms with van der Waals surface area (Å²) in [6.45, 7) is 3.93. The summed E-state index contributed by atoms with van der Waals surface area (Å²) in [6, 6.07) is 21.6. The van der Waals surface area contributed by atoms with Crippen LogP contribution in [0.4, 0.5) is 0 Å². The average molecular weight is 564 g/mol. The zero-order valence-electron chi connectivity index (χ0n) is 20.2. The molecule has 0 saturated carbocycles. The van der Waals surface area contributed by atoms with E-state index in [0.717, 1.165) is 10.5 Å². The fourth-order valence-electron chi connectivity index (χ4n) is 3.72. The number of carbonyl (C=O) groups is 2. The number of thioether (sulfide) groups is 1. The molecule has 0 aliphatic rings. The molecule has 0 heterocycles. The number of halogens is 3. The lowest BCUT2D eigenvalue weighted by Crippen LogP contribution is -2.52. The first kappa shape index (κ1) is 28.4. The maximum absolute atomic E-state index is 13.7. The van der Waals surface area contributed by atoms with Crippen molar-refractivity contribution >= 4 is 58.4 Å². The molecule has 0 aromatic heterocycles. The molecule has 1 N–H and O–H groups in total. The van der Waals surface area contributed by atoms with Gasteiger partial charge < -0.3 is 10.2 Å². The zero-order chi connectivity index (χ0) is 26.1. The molecule has 8 heteroatoms. The summed E-state index contributed by atoms with van der Waals surface area (Å²) in [6.07, 6.45) is 0.618. The van der Waals surface area contributed by atoms with Crippen molar-refractivity contribution in [2.75, 3.05) is 5.75 Å². The number of benzene rings is 3. The van der Waals surface area contributed by atoms with Gasteiger partial charge in [-0.05, 0) is 55.8 Å². The van der Waals surface area contributed by atoms with E-state index in [0.29, 0.717) is 32.8 Å². The molecule has 3 aromatic carbocycles. The summed E-state index contributed by atoms with van der Waals surface area (Å²) in [5.41, 5.74) is 1.58. The van der Waals surface area contributed by atoms with E-state index in [1.165, 1.54) is 0 Å². The van der Waals surface area contributed by atoms with Crippen molar-refractivity contribution in [2.24, 2.45) is 0 Å². The van der Waals surface area contributed by atoms with E-state index in [1.807, 2.05) is 68.4 Å². The molecule has 1 atom stereocenters. The monoisotopic (exact) mass is 562 g/mol. The van der Waals surface area contributed by atoms with Crippen molar-refractivity contribution in [3.8, 4) is 0 Å². The van der Waals surface area contributed by atoms with Crippen LogP contribution < -0.4 is 5.32 Å². The van der Waals surface area contributed by atoms with Crippen LogP contribution in [-0.4, -0.2) is 34.6 Å². The molecule has 0 spiro atoms. The first-order chi connectivity index (χ1) is 17.2. The van der Waals surface area contributed by atoms with Crippen molar-refractivity contribution in [3.05, 3.63) is 99.0 Å². The maximum Gasteiger partial charge on any atom is 0.243 e. The minimum atomic E-state index is -0.727. The molecule has 0 radical (unpaired) electrons. The zero-order valence-corrected chi connectivity index (χ0v) is 23.3. The molecule has 3 rings (SSSR count). The fourth-order valence-corrected chi connectivity index (χ4v) is 5.20. The molecule has 36 heavy (non-hydrogen) atoms. The predicted octanol–water partition coefficient (Wildman–Crippen LogP) is 7.29. The van der Waals surface area contributed by atoms with Crippen LogP contribution in [0.2, 0.25) is 15.1 Å². The van der Waals surface area contributed by atoms with Gasteiger partial charge in [0.2, 0.25) is 11.8 Å². The van der Waals surface area contributed by atoms with Crippen LogP contribution in [0.1, 0.15) is 31.4 Å². The average Bonchev–Trinajstić information content (AvgIpc) is 2.84. The number of nitrogens with one attached hydrogen (secondary N) is 1. The second kappa shape index (κ2) is 13.9. The van der Waals surface area contributed by atoms with Crippen molar-refractivity contribution < 1.29 is 9.59 Å². The maximum atomic E-state index is 13.7. The summed E-state index contributed by atoms with van der Waals surface area (Å²) >= 11 is 20.5. The highest BCUT2D eigenvalue weighted by molar-refractivity contribution is 7.99. The largest absolute Gasteiger partial charge is 0.352 e. The highest BCUT2D eigenvalue weighted by Gasteiger charge is 2.31. The third-order valence-corrected chi connectivity index (χ3v) is 7.46. The Hall–Kier alpha value is -2.18. The van der Waals surface area contributed by atoms with Gasteiger partial charge in [0.25, 0.3) is 0 Å².